The van der Waals surface area contributed by atoms with E-state index in [4.69, 9.17) is 51.7 Å². The van der Waals surface area contributed by atoms with Gasteiger partial charge in [0.2, 0.25) is 0 Å². The quantitative estimate of drug-likeness (QED) is 0.263. The van der Waals surface area contributed by atoms with Crippen LogP contribution in [-0.2, 0) is 0 Å². The molecule has 4 aromatic rings. The van der Waals surface area contributed by atoms with Gasteiger partial charge < -0.3 is 0 Å². The van der Waals surface area contributed by atoms with Crippen molar-refractivity contribution in [2.75, 3.05) is 0 Å². The molecule has 0 N–H and O–H groups in total. The van der Waals surface area contributed by atoms with Gasteiger partial charge in [0, 0.05) is 29.3 Å². The minimum absolute atomic E-state index is 0.316. The zero-order valence-electron chi connectivity index (χ0n) is 18.6. The molecule has 0 bridgehead atoms. The van der Waals surface area contributed by atoms with Crippen LogP contribution in [0.15, 0.2) is 71.4 Å². The Balaban J connectivity index is 0.000000174. The average Bonchev–Trinajstić information content (AvgIpc) is 3.34. The Hall–Kier alpha value is -3.41. The van der Waals surface area contributed by atoms with Gasteiger partial charge in [0.15, 0.2) is 0 Å². The van der Waals surface area contributed by atoms with Crippen molar-refractivity contribution in [3.05, 3.63) is 92.7 Å². The molecule has 5 rings (SSSR count). The lowest BCUT2D eigenvalue weighted by molar-refractivity contribution is 1.14. The predicted octanol–water partition coefficient (Wildman–Crippen LogP) is 7.34. The fourth-order valence-electron chi connectivity index (χ4n) is 3.16. The third-order valence-electron chi connectivity index (χ3n) is 4.94. The van der Waals surface area contributed by atoms with E-state index in [0.717, 1.165) is 40.4 Å². The van der Waals surface area contributed by atoms with Gasteiger partial charge in [0.05, 0.1) is 42.9 Å². The van der Waals surface area contributed by atoms with Crippen LogP contribution in [0.1, 0.15) is 24.7 Å². The molecule has 0 spiro atoms. The van der Waals surface area contributed by atoms with Crippen LogP contribution in [0, 0.1) is 11.3 Å². The zero-order chi connectivity index (χ0) is 25.7. The van der Waals surface area contributed by atoms with Crippen LogP contribution in [0.3, 0.4) is 0 Å². The van der Waals surface area contributed by atoms with E-state index in [1.54, 1.807) is 36.4 Å². The zero-order valence-corrected chi connectivity index (χ0v) is 21.6. The Bertz CT molecular complexity index is 1540. The summed E-state index contributed by atoms with van der Waals surface area (Å²) >= 11 is 23.7. The molecular formula is C25H15Cl4N7. The number of hydrogen-bond donors (Lipinski definition) is 0. The molecule has 0 fully saturated rings. The Morgan fingerprint density at radius 1 is 0.667 bits per heavy atom. The molecule has 36 heavy (non-hydrogen) atoms. The molecule has 1 aliphatic heterocycles. The third-order valence-corrected chi connectivity index (χ3v) is 6.42. The number of rotatable bonds is 3. The van der Waals surface area contributed by atoms with Crippen LogP contribution in [-0.4, -0.2) is 31.4 Å². The fourth-order valence-corrected chi connectivity index (χ4v) is 3.76. The van der Waals surface area contributed by atoms with E-state index in [1.165, 1.54) is 12.7 Å². The molecule has 0 aliphatic carbocycles. The van der Waals surface area contributed by atoms with Crippen LogP contribution >= 0.6 is 46.4 Å². The second kappa shape index (κ2) is 11.5. The monoisotopic (exact) mass is 553 g/mol. The largest absolute Gasteiger partial charge is 0.236 e. The van der Waals surface area contributed by atoms with E-state index in [1.807, 2.05) is 25.1 Å². The van der Waals surface area contributed by atoms with Crippen molar-refractivity contribution < 1.29 is 0 Å². The van der Waals surface area contributed by atoms with Crippen molar-refractivity contribution in [2.24, 2.45) is 10.2 Å². The van der Waals surface area contributed by atoms with Crippen LogP contribution in [0.25, 0.3) is 22.5 Å². The summed E-state index contributed by atoms with van der Waals surface area (Å²) in [6.45, 7) is 1.94. The number of nitrogens with zero attached hydrogens (tertiary/aromatic N) is 7. The van der Waals surface area contributed by atoms with E-state index in [-0.39, 0.29) is 0 Å². The Morgan fingerprint density at radius 3 is 1.75 bits per heavy atom. The molecule has 0 amide bonds. The van der Waals surface area contributed by atoms with Crippen LogP contribution in [0.2, 0.25) is 20.1 Å². The van der Waals surface area contributed by atoms with Crippen LogP contribution in [0.5, 0.6) is 0 Å². The Morgan fingerprint density at radius 2 is 1.22 bits per heavy atom. The van der Waals surface area contributed by atoms with Crippen LogP contribution in [0.4, 0.5) is 0 Å². The number of aromatic nitrogens is 4. The first-order chi connectivity index (χ1) is 17.3. The molecule has 0 saturated heterocycles. The van der Waals surface area contributed by atoms with E-state index < -0.39 is 0 Å². The van der Waals surface area contributed by atoms with Gasteiger partial charge in [-0.05, 0) is 37.3 Å². The summed E-state index contributed by atoms with van der Waals surface area (Å²) in [6.07, 6.45) is 3.58. The first-order valence-electron chi connectivity index (χ1n) is 10.4. The fraction of sp³-hybridized carbons (Fsp3) is 0.0800. The molecule has 0 saturated carbocycles. The highest BCUT2D eigenvalue weighted by Gasteiger charge is 2.14. The molecular weight excluding hydrogens is 540 g/mol. The molecule has 0 radical (unpaired) electrons. The second-order valence-electron chi connectivity index (χ2n) is 7.51. The van der Waals surface area contributed by atoms with Gasteiger partial charge >= 0.3 is 0 Å². The van der Waals surface area contributed by atoms with Crippen molar-refractivity contribution in [3.8, 4) is 28.6 Å². The average molecular weight is 555 g/mol. The standard InChI is InChI=1S/C14H10Cl2N4.C11H5Cl2N3/c1-8-4-14(20-19-8)13-6-12(17-7-18-13)9-2-3-10(15)11(16)5-9;12-9-2-1-7(3-10(9)13)11-4-8(5-14)15-6-16-11/h2-3,5-7H,4H2,1H3;1-4,6H. The van der Waals surface area contributed by atoms with E-state index in [9.17, 15) is 0 Å². The van der Waals surface area contributed by atoms with E-state index >= 15 is 0 Å². The highest BCUT2D eigenvalue weighted by Crippen LogP contribution is 2.28. The third kappa shape index (κ3) is 6.23. The predicted molar refractivity (Wildman–Crippen MR) is 144 cm³/mol. The molecule has 0 unspecified atom stereocenters. The summed E-state index contributed by atoms with van der Waals surface area (Å²) < 4.78 is 0. The summed E-state index contributed by atoms with van der Waals surface area (Å²) in [5.74, 6) is 0. The van der Waals surface area contributed by atoms with Crippen molar-refractivity contribution in [1.82, 2.24) is 19.9 Å². The molecule has 1 aliphatic rings. The van der Waals surface area contributed by atoms with Gasteiger partial charge in [0.25, 0.3) is 0 Å². The molecule has 11 heteroatoms. The molecule has 2 aromatic heterocycles. The molecule has 3 heterocycles. The summed E-state index contributed by atoms with van der Waals surface area (Å²) in [4.78, 5) is 16.4. The maximum atomic E-state index is 8.72. The number of halogens is 4. The van der Waals surface area contributed by atoms with E-state index in [0.29, 0.717) is 31.5 Å². The minimum atomic E-state index is 0.316. The maximum Gasteiger partial charge on any atom is 0.144 e. The first kappa shape index (κ1) is 25.7. The second-order valence-corrected chi connectivity index (χ2v) is 9.13. The van der Waals surface area contributed by atoms with Gasteiger partial charge in [-0.1, -0.05) is 58.5 Å². The van der Waals surface area contributed by atoms with Crippen molar-refractivity contribution in [2.45, 2.75) is 13.3 Å². The van der Waals surface area contributed by atoms with Crippen molar-refractivity contribution >= 4 is 57.8 Å². The Labute approximate surface area is 227 Å². The highest BCUT2D eigenvalue weighted by atomic mass is 35.5. The van der Waals surface area contributed by atoms with Gasteiger partial charge in [-0.2, -0.15) is 15.5 Å². The molecule has 178 valence electrons. The minimum Gasteiger partial charge on any atom is -0.236 e. The molecule has 0 atom stereocenters. The van der Waals surface area contributed by atoms with Gasteiger partial charge in [-0.25, -0.2) is 19.9 Å². The molecule has 7 nitrogen and oxygen atoms in total. The van der Waals surface area contributed by atoms with Gasteiger partial charge in [-0.3, -0.25) is 0 Å². The first-order valence-corrected chi connectivity index (χ1v) is 11.9. The Kier molecular flexibility index (Phi) is 8.24. The lowest BCUT2D eigenvalue weighted by Crippen LogP contribution is -2.04. The number of benzene rings is 2. The lowest BCUT2D eigenvalue weighted by atomic mass is 10.1. The smallest absolute Gasteiger partial charge is 0.144 e. The van der Waals surface area contributed by atoms with Crippen molar-refractivity contribution in [3.63, 3.8) is 0 Å². The SMILES string of the molecule is CC1=NN=C(c2cc(-c3ccc(Cl)c(Cl)c3)ncn2)C1.N#Cc1cc(-c2ccc(Cl)c(Cl)c2)ncn1. The number of nitriles is 1. The van der Waals surface area contributed by atoms with Crippen LogP contribution < -0.4 is 0 Å². The molecule has 2 aromatic carbocycles. The van der Waals surface area contributed by atoms with E-state index in [2.05, 4.69) is 30.1 Å². The summed E-state index contributed by atoms with van der Waals surface area (Å²) in [5, 5.41) is 18.8. The number of hydrogen-bond acceptors (Lipinski definition) is 7. The normalized spacial score (nSPS) is 12.2. The van der Waals surface area contributed by atoms with Gasteiger partial charge in [-0.15, -0.1) is 0 Å². The summed E-state index contributed by atoms with van der Waals surface area (Å²) in [5.41, 5.74) is 6.04. The summed E-state index contributed by atoms with van der Waals surface area (Å²) in [6, 6.07) is 16.0. The maximum absolute atomic E-state index is 8.72. The lowest BCUT2D eigenvalue weighted by Gasteiger charge is -2.05. The summed E-state index contributed by atoms with van der Waals surface area (Å²) in [7, 11) is 0. The van der Waals surface area contributed by atoms with Gasteiger partial charge in [0.1, 0.15) is 24.4 Å². The topological polar surface area (TPSA) is 100 Å². The van der Waals surface area contributed by atoms with Crippen molar-refractivity contribution in [1.29, 1.82) is 5.26 Å². The highest BCUT2D eigenvalue weighted by molar-refractivity contribution is 6.42.